The summed E-state index contributed by atoms with van der Waals surface area (Å²) in [5.41, 5.74) is 1.31. The predicted molar refractivity (Wildman–Crippen MR) is 144 cm³/mol. The fraction of sp³-hybridized carbons (Fsp3) is 0.308. The second-order valence-corrected chi connectivity index (χ2v) is 11.2. The van der Waals surface area contributed by atoms with Crippen LogP contribution in [0.4, 0.5) is 0 Å². The second kappa shape index (κ2) is 10.2. The topological polar surface area (TPSA) is 115 Å². The lowest BCUT2D eigenvalue weighted by Crippen LogP contribution is -2.54. The fourth-order valence-electron chi connectivity index (χ4n) is 5.15. The van der Waals surface area contributed by atoms with E-state index >= 15 is 0 Å². The first kappa shape index (κ1) is 25.2. The minimum atomic E-state index is -4.00. The zero-order chi connectivity index (χ0) is 26.0. The number of aromatic nitrogens is 3. The monoisotopic (exact) mass is 537 g/mol. The van der Waals surface area contributed by atoms with Crippen molar-refractivity contribution >= 4 is 49.7 Å². The van der Waals surface area contributed by atoms with E-state index in [1.807, 2.05) is 28.9 Å². The number of hydrogen-bond donors (Lipinski definition) is 2. The number of hydrogen-bond acceptors (Lipinski definition) is 7. The Labute approximate surface area is 220 Å². The molecule has 5 rings (SSSR count). The highest BCUT2D eigenvalue weighted by Crippen LogP contribution is 2.42. The molecule has 2 atom stereocenters. The summed E-state index contributed by atoms with van der Waals surface area (Å²) in [6.45, 7) is -0.509. The number of benzene rings is 1. The molecule has 1 saturated carbocycles. The maximum absolute atomic E-state index is 13.0. The van der Waals surface area contributed by atoms with Crippen molar-refractivity contribution in [1.29, 1.82) is 0 Å². The van der Waals surface area contributed by atoms with Gasteiger partial charge in [-0.1, -0.05) is 42.9 Å². The number of rotatable bonds is 7. The summed E-state index contributed by atoms with van der Waals surface area (Å²) in [6.07, 6.45) is 9.60. The van der Waals surface area contributed by atoms with Crippen LogP contribution in [0.1, 0.15) is 31.2 Å². The Morgan fingerprint density at radius 1 is 1.16 bits per heavy atom. The van der Waals surface area contributed by atoms with E-state index in [2.05, 4.69) is 20.0 Å². The molecule has 0 aliphatic heterocycles. The van der Waals surface area contributed by atoms with E-state index in [1.54, 1.807) is 37.5 Å². The van der Waals surface area contributed by atoms with Gasteiger partial charge in [0.15, 0.2) is 0 Å². The fourth-order valence-corrected chi connectivity index (χ4v) is 6.65. The average molecular weight is 538 g/mol. The molecule has 1 aromatic carbocycles. The van der Waals surface area contributed by atoms with Crippen LogP contribution in [0.5, 0.6) is 0 Å². The third-order valence-electron chi connectivity index (χ3n) is 6.94. The van der Waals surface area contributed by atoms with Gasteiger partial charge in [-0.25, -0.2) is 13.4 Å². The SMILES string of the molecule is CNC(=S)C1(c2ccc3nccn3c2)CCCCC1OC(=O)CNS(=O)(=O)c1cccc2cccnc12. The number of esters is 1. The molecule has 9 nitrogen and oxygen atoms in total. The van der Waals surface area contributed by atoms with Crippen LogP contribution in [0.25, 0.3) is 16.6 Å². The zero-order valence-corrected chi connectivity index (χ0v) is 21.9. The van der Waals surface area contributed by atoms with Gasteiger partial charge in [0, 0.05) is 37.2 Å². The lowest BCUT2D eigenvalue weighted by atomic mass is 9.67. The lowest BCUT2D eigenvalue weighted by molar-refractivity contribution is -0.151. The number of fused-ring (bicyclic) bond motifs is 2. The van der Waals surface area contributed by atoms with E-state index in [9.17, 15) is 13.2 Å². The van der Waals surface area contributed by atoms with Crippen LogP contribution >= 0.6 is 12.2 Å². The Bertz CT molecular complexity index is 1580. The minimum Gasteiger partial charge on any atom is -0.460 e. The van der Waals surface area contributed by atoms with Crippen molar-refractivity contribution < 1.29 is 17.9 Å². The van der Waals surface area contributed by atoms with Gasteiger partial charge in [0.05, 0.1) is 15.9 Å². The molecule has 192 valence electrons. The molecular formula is C26H27N5O4S2. The highest BCUT2D eigenvalue weighted by molar-refractivity contribution is 7.89. The number of pyridine rings is 2. The average Bonchev–Trinajstić information content (AvgIpc) is 3.40. The number of imidazole rings is 1. The van der Waals surface area contributed by atoms with Crippen LogP contribution in [0.3, 0.4) is 0 Å². The molecule has 0 radical (unpaired) electrons. The molecule has 11 heteroatoms. The summed E-state index contributed by atoms with van der Waals surface area (Å²) in [5.74, 6) is -0.671. The number of likely N-dealkylation sites (N-methyl/N-ethyl adjacent to an activating group) is 1. The van der Waals surface area contributed by atoms with Crippen LogP contribution in [0.15, 0.2) is 72.1 Å². The number of sulfonamides is 1. The van der Waals surface area contributed by atoms with E-state index in [1.165, 1.54) is 12.3 Å². The number of carbonyl (C=O) groups excluding carboxylic acids is 1. The molecule has 1 aliphatic carbocycles. The van der Waals surface area contributed by atoms with Gasteiger partial charge in [-0.3, -0.25) is 9.78 Å². The summed E-state index contributed by atoms with van der Waals surface area (Å²) in [6, 6.07) is 12.3. The Morgan fingerprint density at radius 2 is 2.00 bits per heavy atom. The van der Waals surface area contributed by atoms with Crippen molar-refractivity contribution in [2.45, 2.75) is 42.1 Å². The number of ether oxygens (including phenoxy) is 1. The summed E-state index contributed by atoms with van der Waals surface area (Å²) >= 11 is 5.79. The summed E-state index contributed by atoms with van der Waals surface area (Å²) < 4.78 is 36.4. The van der Waals surface area contributed by atoms with E-state index in [-0.39, 0.29) is 4.90 Å². The van der Waals surface area contributed by atoms with Crippen molar-refractivity contribution in [3.05, 3.63) is 72.8 Å². The Kier molecular flexibility index (Phi) is 6.93. The highest BCUT2D eigenvalue weighted by Gasteiger charge is 2.48. The smallest absolute Gasteiger partial charge is 0.321 e. The van der Waals surface area contributed by atoms with E-state index in [4.69, 9.17) is 17.0 Å². The van der Waals surface area contributed by atoms with Gasteiger partial charge >= 0.3 is 5.97 Å². The zero-order valence-electron chi connectivity index (χ0n) is 20.3. The second-order valence-electron chi connectivity index (χ2n) is 9.04. The molecule has 3 aromatic heterocycles. The van der Waals surface area contributed by atoms with Gasteiger partial charge in [0.1, 0.15) is 23.2 Å². The molecule has 1 aliphatic rings. The number of thiocarbonyl (C=S) groups is 1. The summed E-state index contributed by atoms with van der Waals surface area (Å²) in [4.78, 5) is 22.1. The molecule has 0 spiro atoms. The summed E-state index contributed by atoms with van der Waals surface area (Å²) in [5, 5.41) is 3.80. The molecule has 37 heavy (non-hydrogen) atoms. The highest BCUT2D eigenvalue weighted by atomic mass is 32.2. The molecule has 2 N–H and O–H groups in total. The van der Waals surface area contributed by atoms with E-state index in [0.717, 1.165) is 24.1 Å². The maximum atomic E-state index is 13.0. The van der Waals surface area contributed by atoms with Crippen LogP contribution in [0, 0.1) is 0 Å². The first-order valence-electron chi connectivity index (χ1n) is 12.0. The van der Waals surface area contributed by atoms with Gasteiger partial charge in [-0.05, 0) is 43.0 Å². The molecule has 4 aromatic rings. The van der Waals surface area contributed by atoms with E-state index in [0.29, 0.717) is 28.7 Å². The first-order chi connectivity index (χ1) is 17.8. The largest absolute Gasteiger partial charge is 0.460 e. The van der Waals surface area contributed by atoms with Crippen molar-refractivity contribution in [2.24, 2.45) is 0 Å². The molecule has 3 heterocycles. The Morgan fingerprint density at radius 3 is 2.84 bits per heavy atom. The van der Waals surface area contributed by atoms with Crippen LogP contribution < -0.4 is 10.0 Å². The number of nitrogens with zero attached hydrogens (tertiary/aromatic N) is 3. The van der Waals surface area contributed by atoms with Gasteiger partial charge < -0.3 is 14.5 Å². The van der Waals surface area contributed by atoms with Crippen molar-refractivity contribution in [1.82, 2.24) is 24.4 Å². The molecule has 1 fully saturated rings. The molecule has 0 saturated heterocycles. The molecule has 0 amide bonds. The van der Waals surface area contributed by atoms with Crippen LogP contribution in [-0.4, -0.2) is 53.4 Å². The van der Waals surface area contributed by atoms with Gasteiger partial charge in [-0.2, -0.15) is 4.72 Å². The van der Waals surface area contributed by atoms with Gasteiger partial charge in [-0.15, -0.1) is 0 Å². The standard InChI is InChI=1S/C26H27N5O4S2/c1-27-25(36)26(19-10-11-22-28-14-15-31(22)17-19)12-3-2-9-21(26)35-23(32)16-30-37(33,34)20-8-4-6-18-7-5-13-29-24(18)20/h4-8,10-11,13-15,17,21,30H,2-3,9,12,16H2,1H3,(H,27,36). The molecule has 0 bridgehead atoms. The van der Waals surface area contributed by atoms with Crippen molar-refractivity contribution in [3.8, 4) is 0 Å². The van der Waals surface area contributed by atoms with Gasteiger partial charge in [0.25, 0.3) is 0 Å². The molecular weight excluding hydrogens is 510 g/mol. The third kappa shape index (κ3) is 4.70. The minimum absolute atomic E-state index is 0.00964. The van der Waals surface area contributed by atoms with Crippen molar-refractivity contribution in [2.75, 3.05) is 13.6 Å². The quantitative estimate of drug-likeness (QED) is 0.273. The third-order valence-corrected chi connectivity index (χ3v) is 8.94. The van der Waals surface area contributed by atoms with Crippen LogP contribution in [0.2, 0.25) is 0 Å². The normalized spacial score (nSPS) is 20.1. The predicted octanol–water partition coefficient (Wildman–Crippen LogP) is 3.13. The summed E-state index contributed by atoms with van der Waals surface area (Å²) in [7, 11) is -2.24. The molecule has 2 unspecified atom stereocenters. The Balaban J connectivity index is 1.39. The lowest BCUT2D eigenvalue weighted by Gasteiger charge is -2.44. The number of carbonyl (C=O) groups is 1. The Hall–Kier alpha value is -3.41. The first-order valence-corrected chi connectivity index (χ1v) is 13.9. The number of nitrogens with one attached hydrogen (secondary N) is 2. The van der Waals surface area contributed by atoms with Crippen LogP contribution in [-0.2, 0) is 25.0 Å². The maximum Gasteiger partial charge on any atom is 0.321 e. The van der Waals surface area contributed by atoms with Gasteiger partial charge in [0.2, 0.25) is 10.0 Å². The van der Waals surface area contributed by atoms with Crippen molar-refractivity contribution in [3.63, 3.8) is 0 Å². The van der Waals surface area contributed by atoms with E-state index < -0.39 is 34.1 Å². The number of para-hydroxylation sites is 1.